The number of carbonyl (C=O) groups is 1. The van der Waals surface area contributed by atoms with E-state index < -0.39 is 17.7 Å². The van der Waals surface area contributed by atoms with Crippen LogP contribution in [0.4, 0.5) is 18.9 Å². The molecule has 2 N–H and O–H groups in total. The Labute approximate surface area is 114 Å². The molecule has 0 spiro atoms. The van der Waals surface area contributed by atoms with Crippen LogP contribution in [0.1, 0.15) is 41.6 Å². The molecule has 0 amide bonds. The summed E-state index contributed by atoms with van der Waals surface area (Å²) in [6, 6.07) is 2.76. The number of hydrogen-bond donors (Lipinski definition) is 1. The highest BCUT2D eigenvalue weighted by Gasteiger charge is 2.31. The average Bonchev–Trinajstić information content (AvgIpc) is 2.30. The largest absolute Gasteiger partial charge is 0.462 e. The van der Waals surface area contributed by atoms with Gasteiger partial charge in [0.05, 0.1) is 17.7 Å². The number of rotatable bonds is 4. The normalized spacial score (nSPS) is 15.8. The third kappa shape index (κ3) is 3.65. The van der Waals surface area contributed by atoms with Gasteiger partial charge in [0.25, 0.3) is 0 Å². The Morgan fingerprint density at radius 3 is 2.55 bits per heavy atom. The summed E-state index contributed by atoms with van der Waals surface area (Å²) >= 11 is 0. The first-order valence-corrected chi connectivity index (χ1v) is 6.51. The molecule has 0 heterocycles. The van der Waals surface area contributed by atoms with Crippen LogP contribution in [-0.4, -0.2) is 12.6 Å². The van der Waals surface area contributed by atoms with Crippen LogP contribution in [0.5, 0.6) is 0 Å². The van der Waals surface area contributed by atoms with E-state index in [9.17, 15) is 18.0 Å². The summed E-state index contributed by atoms with van der Waals surface area (Å²) in [4.78, 5) is 11.7. The maximum atomic E-state index is 12.6. The molecule has 0 radical (unpaired) electrons. The Hall–Kier alpha value is -1.72. The van der Waals surface area contributed by atoms with Gasteiger partial charge >= 0.3 is 12.1 Å². The SMILES string of the molecule is Nc1cc(C(=O)OCCC2CCC2)cc(C(F)(F)F)c1. The summed E-state index contributed by atoms with van der Waals surface area (Å²) in [7, 11) is 0. The second-order valence-corrected chi connectivity index (χ2v) is 5.06. The van der Waals surface area contributed by atoms with E-state index in [0.29, 0.717) is 5.92 Å². The zero-order chi connectivity index (χ0) is 14.8. The molecule has 0 aliphatic heterocycles. The van der Waals surface area contributed by atoms with E-state index in [4.69, 9.17) is 10.5 Å². The zero-order valence-corrected chi connectivity index (χ0v) is 10.9. The van der Waals surface area contributed by atoms with E-state index in [1.807, 2.05) is 0 Å². The standard InChI is InChI=1S/C14H16F3NO2/c15-14(16,17)11-6-10(7-12(18)8-11)13(19)20-5-4-9-2-1-3-9/h6-9H,1-5,18H2. The minimum absolute atomic E-state index is 0.106. The maximum absolute atomic E-state index is 12.6. The first-order chi connectivity index (χ1) is 9.36. The van der Waals surface area contributed by atoms with E-state index in [1.54, 1.807) is 0 Å². The lowest BCUT2D eigenvalue weighted by molar-refractivity contribution is -0.137. The summed E-state index contributed by atoms with van der Waals surface area (Å²) < 4.78 is 42.8. The Bertz CT molecular complexity index is 496. The number of nitrogens with two attached hydrogens (primary N) is 1. The molecule has 2 rings (SSSR count). The molecule has 0 saturated heterocycles. The molecule has 1 aromatic rings. The van der Waals surface area contributed by atoms with Crippen molar-refractivity contribution in [1.82, 2.24) is 0 Å². The lowest BCUT2D eigenvalue weighted by Gasteiger charge is -2.24. The monoisotopic (exact) mass is 287 g/mol. The third-order valence-electron chi connectivity index (χ3n) is 3.50. The Kier molecular flexibility index (Phi) is 4.20. The number of carbonyl (C=O) groups excluding carboxylic acids is 1. The highest BCUT2D eigenvalue weighted by molar-refractivity contribution is 5.90. The van der Waals surface area contributed by atoms with Crippen LogP contribution in [0.25, 0.3) is 0 Å². The average molecular weight is 287 g/mol. The fourth-order valence-electron chi connectivity index (χ4n) is 2.12. The van der Waals surface area contributed by atoms with Gasteiger partial charge in [0.1, 0.15) is 0 Å². The molecule has 3 nitrogen and oxygen atoms in total. The zero-order valence-electron chi connectivity index (χ0n) is 10.9. The maximum Gasteiger partial charge on any atom is 0.416 e. The van der Waals surface area contributed by atoms with Gasteiger partial charge in [0.2, 0.25) is 0 Å². The van der Waals surface area contributed by atoms with Crippen molar-refractivity contribution in [1.29, 1.82) is 0 Å². The van der Waals surface area contributed by atoms with Gasteiger partial charge in [0.15, 0.2) is 0 Å². The van der Waals surface area contributed by atoms with Crippen LogP contribution in [0.2, 0.25) is 0 Å². The van der Waals surface area contributed by atoms with Crippen molar-refractivity contribution in [2.45, 2.75) is 31.9 Å². The molecule has 1 fully saturated rings. The molecule has 1 saturated carbocycles. The predicted molar refractivity (Wildman–Crippen MR) is 68.1 cm³/mol. The number of benzene rings is 1. The smallest absolute Gasteiger partial charge is 0.416 e. The lowest BCUT2D eigenvalue weighted by Crippen LogP contribution is -2.16. The van der Waals surface area contributed by atoms with Crippen LogP contribution in [0, 0.1) is 5.92 Å². The fourth-order valence-corrected chi connectivity index (χ4v) is 2.12. The van der Waals surface area contributed by atoms with Gasteiger partial charge in [0, 0.05) is 5.69 Å². The summed E-state index contributed by atoms with van der Waals surface area (Å²) in [6.07, 6.45) is -0.304. The van der Waals surface area contributed by atoms with E-state index in [-0.39, 0.29) is 17.9 Å². The molecular formula is C14H16F3NO2. The van der Waals surface area contributed by atoms with Crippen LogP contribution in [0.3, 0.4) is 0 Å². The summed E-state index contributed by atoms with van der Waals surface area (Å²) in [5, 5.41) is 0. The van der Waals surface area contributed by atoms with Gasteiger partial charge in [-0.1, -0.05) is 19.3 Å². The molecule has 0 bridgehead atoms. The number of halogens is 3. The van der Waals surface area contributed by atoms with Crippen LogP contribution < -0.4 is 5.73 Å². The van der Waals surface area contributed by atoms with Crippen LogP contribution in [-0.2, 0) is 10.9 Å². The number of ether oxygens (including phenoxy) is 1. The van der Waals surface area contributed by atoms with Gasteiger partial charge in [-0.2, -0.15) is 13.2 Å². The number of anilines is 1. The minimum atomic E-state index is -4.53. The molecule has 0 unspecified atom stereocenters. The van der Waals surface area contributed by atoms with E-state index in [2.05, 4.69) is 0 Å². The molecule has 110 valence electrons. The minimum Gasteiger partial charge on any atom is -0.462 e. The van der Waals surface area contributed by atoms with Crippen LogP contribution >= 0.6 is 0 Å². The quantitative estimate of drug-likeness (QED) is 0.679. The van der Waals surface area contributed by atoms with Crippen molar-refractivity contribution in [3.63, 3.8) is 0 Å². The first-order valence-electron chi connectivity index (χ1n) is 6.51. The third-order valence-corrected chi connectivity index (χ3v) is 3.50. The molecule has 0 atom stereocenters. The van der Waals surface area contributed by atoms with Crippen molar-refractivity contribution in [3.05, 3.63) is 29.3 Å². The second-order valence-electron chi connectivity index (χ2n) is 5.06. The molecule has 20 heavy (non-hydrogen) atoms. The van der Waals surface area contributed by atoms with Crippen LogP contribution in [0.15, 0.2) is 18.2 Å². The van der Waals surface area contributed by atoms with E-state index in [1.165, 1.54) is 12.5 Å². The summed E-state index contributed by atoms with van der Waals surface area (Å²) in [5.74, 6) is -0.184. The Balaban J connectivity index is 1.99. The van der Waals surface area contributed by atoms with Crippen molar-refractivity contribution in [2.75, 3.05) is 12.3 Å². The topological polar surface area (TPSA) is 52.3 Å². The summed E-state index contributed by atoms with van der Waals surface area (Å²) in [6.45, 7) is 0.236. The van der Waals surface area contributed by atoms with Crippen molar-refractivity contribution in [3.8, 4) is 0 Å². The summed E-state index contributed by atoms with van der Waals surface area (Å²) in [5.41, 5.74) is 4.19. The fraction of sp³-hybridized carbons (Fsp3) is 0.500. The van der Waals surface area contributed by atoms with Crippen molar-refractivity contribution < 1.29 is 22.7 Å². The number of alkyl halides is 3. The van der Waals surface area contributed by atoms with Gasteiger partial charge < -0.3 is 10.5 Å². The molecule has 6 heteroatoms. The predicted octanol–water partition coefficient (Wildman–Crippen LogP) is 3.63. The molecule has 1 aliphatic carbocycles. The number of nitrogen functional groups attached to an aromatic ring is 1. The number of hydrogen-bond acceptors (Lipinski definition) is 3. The van der Waals surface area contributed by atoms with Crippen molar-refractivity contribution >= 4 is 11.7 Å². The van der Waals surface area contributed by atoms with Crippen molar-refractivity contribution in [2.24, 2.45) is 5.92 Å². The molecular weight excluding hydrogens is 271 g/mol. The molecule has 1 aromatic carbocycles. The Morgan fingerprint density at radius 2 is 2.00 bits per heavy atom. The number of esters is 1. The van der Waals surface area contributed by atoms with E-state index in [0.717, 1.165) is 31.4 Å². The molecule has 0 aromatic heterocycles. The first kappa shape index (κ1) is 14.7. The van der Waals surface area contributed by atoms with Gasteiger partial charge in [-0.05, 0) is 30.5 Å². The molecule has 1 aliphatic rings. The Morgan fingerprint density at radius 1 is 1.30 bits per heavy atom. The van der Waals surface area contributed by atoms with Gasteiger partial charge in [-0.15, -0.1) is 0 Å². The van der Waals surface area contributed by atoms with Gasteiger partial charge in [-0.25, -0.2) is 4.79 Å². The van der Waals surface area contributed by atoms with E-state index >= 15 is 0 Å². The highest BCUT2D eigenvalue weighted by Crippen LogP contribution is 2.32. The lowest BCUT2D eigenvalue weighted by atomic mass is 9.83. The second kappa shape index (κ2) is 5.73. The van der Waals surface area contributed by atoms with Gasteiger partial charge in [-0.3, -0.25) is 0 Å². The highest BCUT2D eigenvalue weighted by atomic mass is 19.4.